The van der Waals surface area contributed by atoms with Crippen molar-refractivity contribution in [2.45, 2.75) is 38.1 Å². The molecule has 1 heterocycles. The van der Waals surface area contributed by atoms with E-state index in [1.54, 1.807) is 0 Å². The molecule has 1 saturated carbocycles. The minimum Gasteiger partial charge on any atom is -0.478 e. The molecule has 1 aliphatic carbocycles. The number of rotatable bonds is 7. The van der Waals surface area contributed by atoms with Crippen LogP contribution in [0.2, 0.25) is 0 Å². The predicted molar refractivity (Wildman–Crippen MR) is 113 cm³/mol. The SMILES string of the molecule is O=C(CN1CCNCC1)NC1CCCCC1.O=C(O)/C=C\C(=O)O.O=C(O)/C=C\C(=O)O. The van der Waals surface area contributed by atoms with Crippen LogP contribution in [-0.4, -0.2) is 93.9 Å². The van der Waals surface area contributed by atoms with Crippen LogP contribution >= 0.6 is 0 Å². The molecule has 6 N–H and O–H groups in total. The minimum atomic E-state index is -1.26. The number of hydrogen-bond donors (Lipinski definition) is 6. The minimum absolute atomic E-state index is 0.216. The molecule has 0 bridgehead atoms. The number of aliphatic carboxylic acids is 4. The van der Waals surface area contributed by atoms with Gasteiger partial charge in [0.05, 0.1) is 6.54 Å². The first-order valence-corrected chi connectivity index (χ1v) is 10.1. The molecule has 0 aromatic heterocycles. The third-order valence-corrected chi connectivity index (χ3v) is 4.28. The largest absolute Gasteiger partial charge is 0.478 e. The summed E-state index contributed by atoms with van der Waals surface area (Å²) in [7, 11) is 0. The topological polar surface area (TPSA) is 194 Å². The summed E-state index contributed by atoms with van der Waals surface area (Å²) in [5, 5.41) is 37.7. The zero-order valence-electron chi connectivity index (χ0n) is 17.7. The average Bonchev–Trinajstić information content (AvgIpc) is 2.73. The number of carbonyl (C=O) groups excluding carboxylic acids is 1. The molecule has 2 fully saturated rings. The first-order chi connectivity index (χ1) is 15.1. The highest BCUT2D eigenvalue weighted by Crippen LogP contribution is 2.17. The van der Waals surface area contributed by atoms with Crippen LogP contribution < -0.4 is 10.6 Å². The maximum absolute atomic E-state index is 11.8. The second kappa shape index (κ2) is 17.4. The Morgan fingerprint density at radius 3 is 1.53 bits per heavy atom. The van der Waals surface area contributed by atoms with Gasteiger partial charge in [0.2, 0.25) is 5.91 Å². The number of carboxylic acid groups (broad SMARTS) is 4. The highest BCUT2D eigenvalue weighted by atomic mass is 16.4. The molecule has 2 rings (SSSR count). The lowest BCUT2D eigenvalue weighted by Crippen LogP contribution is -2.49. The molecule has 0 unspecified atom stereocenters. The summed E-state index contributed by atoms with van der Waals surface area (Å²) in [5.41, 5.74) is 0. The van der Waals surface area contributed by atoms with Crippen molar-refractivity contribution in [3.05, 3.63) is 24.3 Å². The Labute approximate surface area is 185 Å². The van der Waals surface area contributed by atoms with Crippen molar-refractivity contribution >= 4 is 29.8 Å². The monoisotopic (exact) mass is 457 g/mol. The molecule has 1 aliphatic heterocycles. The van der Waals surface area contributed by atoms with Crippen LogP contribution in [0.3, 0.4) is 0 Å². The first-order valence-electron chi connectivity index (χ1n) is 10.1. The van der Waals surface area contributed by atoms with Crippen molar-refractivity contribution < 1.29 is 44.4 Å². The third-order valence-electron chi connectivity index (χ3n) is 4.28. The molecule has 180 valence electrons. The zero-order valence-corrected chi connectivity index (χ0v) is 17.7. The number of nitrogens with zero attached hydrogens (tertiary/aromatic N) is 1. The second-order valence-electron chi connectivity index (χ2n) is 6.95. The molecule has 32 heavy (non-hydrogen) atoms. The van der Waals surface area contributed by atoms with Crippen molar-refractivity contribution in [2.24, 2.45) is 0 Å². The molecule has 12 heteroatoms. The van der Waals surface area contributed by atoms with E-state index in [0.29, 0.717) is 36.9 Å². The number of carbonyl (C=O) groups is 5. The Morgan fingerprint density at radius 1 is 0.750 bits per heavy atom. The maximum Gasteiger partial charge on any atom is 0.328 e. The van der Waals surface area contributed by atoms with Gasteiger partial charge in [-0.25, -0.2) is 19.2 Å². The van der Waals surface area contributed by atoms with Crippen molar-refractivity contribution in [1.29, 1.82) is 0 Å². The summed E-state index contributed by atoms with van der Waals surface area (Å²) in [6, 6.07) is 0.448. The molecule has 1 amide bonds. The van der Waals surface area contributed by atoms with Crippen LogP contribution in [-0.2, 0) is 24.0 Å². The van der Waals surface area contributed by atoms with Gasteiger partial charge in [0.15, 0.2) is 0 Å². The van der Waals surface area contributed by atoms with Crippen LogP contribution in [0.4, 0.5) is 0 Å². The van der Waals surface area contributed by atoms with Gasteiger partial charge in [0, 0.05) is 56.5 Å². The maximum atomic E-state index is 11.8. The summed E-state index contributed by atoms with van der Waals surface area (Å²) in [6.45, 7) is 4.60. The second-order valence-corrected chi connectivity index (χ2v) is 6.95. The van der Waals surface area contributed by atoms with E-state index in [1.165, 1.54) is 32.1 Å². The lowest BCUT2D eigenvalue weighted by Gasteiger charge is -2.28. The summed E-state index contributed by atoms with van der Waals surface area (Å²) >= 11 is 0. The highest BCUT2D eigenvalue weighted by molar-refractivity contribution is 5.90. The Hall–Kier alpha value is -3.25. The van der Waals surface area contributed by atoms with Crippen LogP contribution in [0.5, 0.6) is 0 Å². The molecule has 0 radical (unpaired) electrons. The molecular formula is C20H31N3O9. The lowest BCUT2D eigenvalue weighted by atomic mass is 9.95. The fourth-order valence-corrected chi connectivity index (χ4v) is 2.88. The molecule has 0 aromatic carbocycles. The Morgan fingerprint density at radius 2 is 1.16 bits per heavy atom. The van der Waals surface area contributed by atoms with Crippen LogP contribution in [0.15, 0.2) is 24.3 Å². The van der Waals surface area contributed by atoms with Crippen molar-refractivity contribution in [3.63, 3.8) is 0 Å². The molecule has 0 spiro atoms. The zero-order chi connectivity index (χ0) is 24.4. The molecule has 0 atom stereocenters. The fraction of sp³-hybridized carbons (Fsp3) is 0.550. The Kier molecular flexibility index (Phi) is 15.7. The van der Waals surface area contributed by atoms with Gasteiger partial charge in [0.1, 0.15) is 0 Å². The van der Waals surface area contributed by atoms with Crippen LogP contribution in [0.25, 0.3) is 0 Å². The van der Waals surface area contributed by atoms with Gasteiger partial charge in [-0.3, -0.25) is 9.69 Å². The Bertz CT molecular complexity index is 592. The van der Waals surface area contributed by atoms with E-state index in [1.807, 2.05) is 0 Å². The molecule has 12 nitrogen and oxygen atoms in total. The van der Waals surface area contributed by atoms with Gasteiger partial charge in [-0.2, -0.15) is 0 Å². The summed E-state index contributed by atoms with van der Waals surface area (Å²) in [4.78, 5) is 52.3. The number of amides is 1. The molecule has 1 saturated heterocycles. The van der Waals surface area contributed by atoms with E-state index in [4.69, 9.17) is 20.4 Å². The summed E-state index contributed by atoms with van der Waals surface area (Å²) < 4.78 is 0. The summed E-state index contributed by atoms with van der Waals surface area (Å²) in [6.07, 6.45) is 8.47. The quantitative estimate of drug-likeness (QED) is 0.276. The number of hydrogen-bond acceptors (Lipinski definition) is 7. The van der Waals surface area contributed by atoms with Gasteiger partial charge < -0.3 is 31.1 Å². The molecular weight excluding hydrogens is 426 g/mol. The first kappa shape index (κ1) is 28.8. The summed E-state index contributed by atoms with van der Waals surface area (Å²) in [5.74, 6) is -4.81. The van der Waals surface area contributed by atoms with Gasteiger partial charge in [-0.15, -0.1) is 0 Å². The van der Waals surface area contributed by atoms with E-state index < -0.39 is 23.9 Å². The van der Waals surface area contributed by atoms with Gasteiger partial charge in [-0.1, -0.05) is 19.3 Å². The lowest BCUT2D eigenvalue weighted by molar-refractivity contribution is -0.134. The van der Waals surface area contributed by atoms with Crippen molar-refractivity contribution in [2.75, 3.05) is 32.7 Å². The van der Waals surface area contributed by atoms with Gasteiger partial charge in [-0.05, 0) is 12.8 Å². The van der Waals surface area contributed by atoms with E-state index in [0.717, 1.165) is 26.2 Å². The van der Waals surface area contributed by atoms with E-state index in [2.05, 4.69) is 15.5 Å². The van der Waals surface area contributed by atoms with E-state index in [9.17, 15) is 24.0 Å². The molecule has 2 aliphatic rings. The third kappa shape index (κ3) is 18.8. The fourth-order valence-electron chi connectivity index (χ4n) is 2.88. The average molecular weight is 457 g/mol. The molecule has 0 aromatic rings. The van der Waals surface area contributed by atoms with Crippen LogP contribution in [0.1, 0.15) is 32.1 Å². The Balaban J connectivity index is 0.000000510. The van der Waals surface area contributed by atoms with E-state index >= 15 is 0 Å². The van der Waals surface area contributed by atoms with Crippen molar-refractivity contribution in [3.8, 4) is 0 Å². The standard InChI is InChI=1S/C12H23N3O.2C4H4O4/c16-12(10-15-8-6-13-7-9-15)14-11-4-2-1-3-5-11;2*5-3(6)1-2-4(7)8/h11,13H,1-10H2,(H,14,16);2*1-2H,(H,5,6)(H,7,8)/b;2*2-1-. The normalized spacial score (nSPS) is 16.9. The highest BCUT2D eigenvalue weighted by Gasteiger charge is 2.18. The number of carboxylic acids is 4. The van der Waals surface area contributed by atoms with Crippen LogP contribution in [0, 0.1) is 0 Å². The predicted octanol–water partition coefficient (Wildman–Crippen LogP) is -0.236. The number of piperazine rings is 1. The smallest absolute Gasteiger partial charge is 0.328 e. The number of nitrogens with one attached hydrogen (secondary N) is 2. The van der Waals surface area contributed by atoms with Gasteiger partial charge >= 0.3 is 23.9 Å². The van der Waals surface area contributed by atoms with Crippen molar-refractivity contribution in [1.82, 2.24) is 15.5 Å². The van der Waals surface area contributed by atoms with Gasteiger partial charge in [0.25, 0.3) is 0 Å². The van der Waals surface area contributed by atoms with E-state index in [-0.39, 0.29) is 5.91 Å².